The van der Waals surface area contributed by atoms with E-state index in [2.05, 4.69) is 48.8 Å². The topological polar surface area (TPSA) is 85.2 Å². The van der Waals surface area contributed by atoms with Gasteiger partial charge < -0.3 is 4.57 Å². The van der Waals surface area contributed by atoms with Crippen molar-refractivity contribution in [3.8, 4) is 22.6 Å². The number of imidazole rings is 1. The van der Waals surface area contributed by atoms with E-state index in [-0.39, 0.29) is 6.04 Å². The first-order valence-corrected chi connectivity index (χ1v) is 9.01. The molecule has 0 aliphatic carbocycles. The molecule has 2 aromatic carbocycles. The highest BCUT2D eigenvalue weighted by atomic mass is 15.2. The van der Waals surface area contributed by atoms with Gasteiger partial charge in [-0.1, -0.05) is 54.6 Å². The highest BCUT2D eigenvalue weighted by Gasteiger charge is 2.14. The Balaban J connectivity index is 1.53. The van der Waals surface area contributed by atoms with Gasteiger partial charge in [0.05, 0.1) is 24.3 Å². The molecule has 5 rings (SSSR count). The van der Waals surface area contributed by atoms with Crippen LogP contribution in [0.1, 0.15) is 18.5 Å². The molecule has 7 heteroatoms. The minimum Gasteiger partial charge on any atom is -0.307 e. The van der Waals surface area contributed by atoms with Crippen LogP contribution in [0.5, 0.6) is 0 Å². The van der Waals surface area contributed by atoms with Gasteiger partial charge in [-0.05, 0) is 12.5 Å². The molecule has 5 aromatic rings. The average Bonchev–Trinajstić information content (AvgIpc) is 3.44. The van der Waals surface area contributed by atoms with E-state index in [9.17, 15) is 0 Å². The number of benzene rings is 2. The Bertz CT molecular complexity index is 1210. The summed E-state index contributed by atoms with van der Waals surface area (Å²) in [6.45, 7) is 2.14. The number of nitrogens with zero attached hydrogens (tertiary/aromatic N) is 6. The van der Waals surface area contributed by atoms with Crippen LogP contribution in [0.3, 0.4) is 0 Å². The fourth-order valence-electron chi connectivity index (χ4n) is 3.26. The Morgan fingerprint density at radius 1 is 0.893 bits per heavy atom. The Labute approximate surface area is 161 Å². The number of aromatic nitrogens is 7. The van der Waals surface area contributed by atoms with Gasteiger partial charge in [0.1, 0.15) is 6.33 Å². The molecule has 0 unspecified atom stereocenters. The van der Waals surface area contributed by atoms with E-state index in [0.29, 0.717) is 11.5 Å². The molecule has 0 spiro atoms. The summed E-state index contributed by atoms with van der Waals surface area (Å²) in [5.41, 5.74) is 5.34. The molecule has 0 saturated heterocycles. The first-order valence-electron chi connectivity index (χ1n) is 9.01. The highest BCUT2D eigenvalue weighted by Crippen LogP contribution is 2.25. The maximum atomic E-state index is 4.84. The van der Waals surface area contributed by atoms with Gasteiger partial charge in [0.2, 0.25) is 0 Å². The van der Waals surface area contributed by atoms with Crippen molar-refractivity contribution in [3.05, 3.63) is 79.0 Å². The number of nitrogens with one attached hydrogen (secondary N) is 1. The lowest BCUT2D eigenvalue weighted by Gasteiger charge is -2.14. The molecule has 0 radical (unpaired) electrons. The lowest BCUT2D eigenvalue weighted by Crippen LogP contribution is -2.06. The van der Waals surface area contributed by atoms with E-state index in [1.54, 1.807) is 18.9 Å². The van der Waals surface area contributed by atoms with Crippen LogP contribution in [0, 0.1) is 0 Å². The molecule has 28 heavy (non-hydrogen) atoms. The van der Waals surface area contributed by atoms with E-state index < -0.39 is 0 Å². The SMILES string of the molecule is C[C@H](c1ccccc1)n1cnc2ncc(-c3ccc(-c4nc[nH]n4)cc3)nc21. The quantitative estimate of drug-likeness (QED) is 0.521. The average molecular weight is 367 g/mol. The van der Waals surface area contributed by atoms with Crippen LogP contribution in [0.25, 0.3) is 33.9 Å². The molecular weight excluding hydrogens is 350 g/mol. The summed E-state index contributed by atoms with van der Waals surface area (Å²) in [5, 5.41) is 6.84. The molecule has 0 amide bonds. The van der Waals surface area contributed by atoms with Gasteiger partial charge >= 0.3 is 0 Å². The van der Waals surface area contributed by atoms with Crippen LogP contribution < -0.4 is 0 Å². The molecule has 3 heterocycles. The second kappa shape index (κ2) is 6.70. The molecule has 0 bridgehead atoms. The lowest BCUT2D eigenvalue weighted by atomic mass is 10.1. The molecule has 3 aromatic heterocycles. The number of H-pyrrole nitrogens is 1. The van der Waals surface area contributed by atoms with Crippen molar-refractivity contribution in [1.82, 2.24) is 34.7 Å². The maximum Gasteiger partial charge on any atom is 0.197 e. The van der Waals surface area contributed by atoms with Crippen LogP contribution in [-0.2, 0) is 0 Å². The second-order valence-corrected chi connectivity index (χ2v) is 6.54. The van der Waals surface area contributed by atoms with Crippen LogP contribution in [0.2, 0.25) is 0 Å². The Morgan fingerprint density at radius 3 is 2.43 bits per heavy atom. The zero-order valence-electron chi connectivity index (χ0n) is 15.2. The van der Waals surface area contributed by atoms with E-state index in [1.165, 1.54) is 5.56 Å². The first kappa shape index (κ1) is 16.3. The summed E-state index contributed by atoms with van der Waals surface area (Å²) in [7, 11) is 0. The third kappa shape index (κ3) is 2.83. The summed E-state index contributed by atoms with van der Waals surface area (Å²) in [6, 6.07) is 18.4. The molecule has 0 saturated carbocycles. The largest absolute Gasteiger partial charge is 0.307 e. The number of hydrogen-bond donors (Lipinski definition) is 1. The Morgan fingerprint density at radius 2 is 1.68 bits per heavy atom. The predicted octanol–water partition coefficient (Wildman–Crippen LogP) is 3.89. The predicted molar refractivity (Wildman–Crippen MR) is 106 cm³/mol. The highest BCUT2D eigenvalue weighted by molar-refractivity contribution is 5.72. The van der Waals surface area contributed by atoms with Crippen LogP contribution in [0.4, 0.5) is 0 Å². The Hall–Kier alpha value is -3.87. The summed E-state index contributed by atoms with van der Waals surface area (Å²) in [6.07, 6.45) is 5.13. The smallest absolute Gasteiger partial charge is 0.197 e. The van der Waals surface area contributed by atoms with Gasteiger partial charge in [-0.3, -0.25) is 5.10 Å². The molecule has 136 valence electrons. The van der Waals surface area contributed by atoms with Crippen LogP contribution in [0.15, 0.2) is 73.4 Å². The zero-order valence-corrected chi connectivity index (χ0v) is 15.2. The van der Waals surface area contributed by atoms with Crippen molar-refractivity contribution >= 4 is 11.3 Å². The number of hydrogen-bond acceptors (Lipinski definition) is 5. The van der Waals surface area contributed by atoms with Crippen LogP contribution in [-0.4, -0.2) is 34.7 Å². The monoisotopic (exact) mass is 367 g/mol. The molecule has 0 aliphatic rings. The van der Waals surface area contributed by atoms with E-state index in [1.807, 2.05) is 42.5 Å². The number of fused-ring (bicyclic) bond motifs is 1. The van der Waals surface area contributed by atoms with Crippen molar-refractivity contribution in [3.63, 3.8) is 0 Å². The van der Waals surface area contributed by atoms with Gasteiger partial charge in [0.25, 0.3) is 0 Å². The van der Waals surface area contributed by atoms with Gasteiger partial charge in [-0.25, -0.2) is 19.9 Å². The number of rotatable bonds is 4. The van der Waals surface area contributed by atoms with E-state index >= 15 is 0 Å². The lowest BCUT2D eigenvalue weighted by molar-refractivity contribution is 0.652. The van der Waals surface area contributed by atoms with E-state index in [4.69, 9.17) is 4.98 Å². The minimum absolute atomic E-state index is 0.115. The van der Waals surface area contributed by atoms with Gasteiger partial charge in [-0.2, -0.15) is 5.10 Å². The van der Waals surface area contributed by atoms with Crippen LogP contribution >= 0.6 is 0 Å². The van der Waals surface area contributed by atoms with Gasteiger partial charge in [0.15, 0.2) is 17.1 Å². The standard InChI is InChI=1S/C21H17N7/c1-14(15-5-3-2-4-6-15)28-13-24-20-21(28)26-18(11-22-20)16-7-9-17(10-8-16)19-23-12-25-27-19/h2-14H,1H3,(H,23,25,27)/t14-/m1/s1. The minimum atomic E-state index is 0.115. The molecule has 0 aliphatic heterocycles. The van der Waals surface area contributed by atoms with Crippen molar-refractivity contribution in [1.29, 1.82) is 0 Å². The molecule has 1 N–H and O–H groups in total. The van der Waals surface area contributed by atoms with Crippen molar-refractivity contribution in [2.45, 2.75) is 13.0 Å². The summed E-state index contributed by atoms with van der Waals surface area (Å²) >= 11 is 0. The fourth-order valence-corrected chi connectivity index (χ4v) is 3.26. The molecular formula is C21H17N7. The molecule has 0 fully saturated rings. The normalized spacial score (nSPS) is 12.3. The van der Waals surface area contributed by atoms with Crippen molar-refractivity contribution in [2.24, 2.45) is 0 Å². The van der Waals surface area contributed by atoms with E-state index in [0.717, 1.165) is 22.5 Å². The second-order valence-electron chi connectivity index (χ2n) is 6.54. The first-order chi connectivity index (χ1) is 13.8. The summed E-state index contributed by atoms with van der Waals surface area (Å²) in [4.78, 5) is 17.9. The van der Waals surface area contributed by atoms with Gasteiger partial charge in [-0.15, -0.1) is 0 Å². The van der Waals surface area contributed by atoms with Crippen molar-refractivity contribution < 1.29 is 0 Å². The molecule has 7 nitrogen and oxygen atoms in total. The maximum absolute atomic E-state index is 4.84. The third-order valence-corrected chi connectivity index (χ3v) is 4.84. The third-order valence-electron chi connectivity index (χ3n) is 4.84. The summed E-state index contributed by atoms with van der Waals surface area (Å²) in [5.74, 6) is 0.669. The fraction of sp³-hybridized carbons (Fsp3) is 0.0952. The Kier molecular flexibility index (Phi) is 3.90. The zero-order chi connectivity index (χ0) is 18.9. The molecule has 1 atom stereocenters. The number of aromatic amines is 1. The summed E-state index contributed by atoms with van der Waals surface area (Å²) < 4.78 is 2.06. The van der Waals surface area contributed by atoms with Crippen molar-refractivity contribution in [2.75, 3.05) is 0 Å². The van der Waals surface area contributed by atoms with Gasteiger partial charge in [0, 0.05) is 11.1 Å².